The van der Waals surface area contributed by atoms with Gasteiger partial charge in [0.1, 0.15) is 18.0 Å². The number of hydrogen-bond donors (Lipinski definition) is 1. The van der Waals surface area contributed by atoms with Gasteiger partial charge in [-0.05, 0) is 49.9 Å². The van der Waals surface area contributed by atoms with Crippen LogP contribution in [0.15, 0.2) is 30.5 Å². The zero-order valence-electron chi connectivity index (χ0n) is 23.2. The number of hydrogen-bond acceptors (Lipinski definition) is 8. The smallest absolute Gasteiger partial charge is 0.328 e. The zero-order valence-corrected chi connectivity index (χ0v) is 23.2. The van der Waals surface area contributed by atoms with Crippen molar-refractivity contribution in [1.29, 1.82) is 0 Å². The molecule has 208 valence electrons. The number of aryl methyl sites for hydroxylation is 1. The molecule has 10 heteroatoms. The van der Waals surface area contributed by atoms with Gasteiger partial charge in [-0.25, -0.2) is 14.2 Å². The molecule has 0 saturated carbocycles. The Hall–Kier alpha value is -3.69. The van der Waals surface area contributed by atoms with E-state index in [9.17, 15) is 18.8 Å². The topological polar surface area (TPSA) is 113 Å². The first kappa shape index (κ1) is 30.5. The zero-order chi connectivity index (χ0) is 28.6. The third-order valence-corrected chi connectivity index (χ3v) is 6.00. The van der Waals surface area contributed by atoms with Crippen LogP contribution >= 0.6 is 0 Å². The Morgan fingerprint density at radius 2 is 1.71 bits per heavy atom. The number of carbonyl (C=O) groups is 3. The Bertz CT molecular complexity index is 1140. The van der Waals surface area contributed by atoms with Gasteiger partial charge < -0.3 is 24.3 Å². The average Bonchev–Trinajstić information content (AvgIpc) is 2.84. The minimum absolute atomic E-state index is 0.0374. The molecule has 1 aromatic carbocycles. The molecule has 0 aliphatic rings. The maximum atomic E-state index is 13.6. The second kappa shape index (κ2) is 13.7. The van der Waals surface area contributed by atoms with Crippen molar-refractivity contribution in [2.24, 2.45) is 11.8 Å². The van der Waals surface area contributed by atoms with Gasteiger partial charge in [0.15, 0.2) is 17.2 Å². The van der Waals surface area contributed by atoms with E-state index in [0.29, 0.717) is 0 Å². The fourth-order valence-electron chi connectivity index (χ4n) is 4.06. The van der Waals surface area contributed by atoms with Gasteiger partial charge in [0.25, 0.3) is 5.91 Å². The Kier molecular flexibility index (Phi) is 11.0. The number of aromatic nitrogens is 1. The van der Waals surface area contributed by atoms with Gasteiger partial charge in [0, 0.05) is 18.2 Å². The van der Waals surface area contributed by atoms with Crippen LogP contribution in [-0.2, 0) is 19.1 Å². The monoisotopic (exact) mass is 532 g/mol. The Morgan fingerprint density at radius 1 is 1.03 bits per heavy atom. The van der Waals surface area contributed by atoms with Crippen LogP contribution in [0.2, 0.25) is 0 Å². The summed E-state index contributed by atoms with van der Waals surface area (Å²) < 4.78 is 35.1. The molecule has 3 atom stereocenters. The molecule has 0 radical (unpaired) electrons. The summed E-state index contributed by atoms with van der Waals surface area (Å²) in [5.74, 6) is -2.44. The molecule has 0 unspecified atom stereocenters. The quantitative estimate of drug-likeness (QED) is 0.313. The van der Waals surface area contributed by atoms with E-state index in [1.165, 1.54) is 38.4 Å². The van der Waals surface area contributed by atoms with Gasteiger partial charge in [-0.3, -0.25) is 9.59 Å². The number of benzene rings is 1. The van der Waals surface area contributed by atoms with Crippen molar-refractivity contribution in [2.45, 2.75) is 66.5 Å². The Labute approximate surface area is 223 Å². The highest BCUT2D eigenvalue weighted by Crippen LogP contribution is 2.33. The third kappa shape index (κ3) is 7.90. The molecule has 0 fully saturated rings. The van der Waals surface area contributed by atoms with E-state index >= 15 is 0 Å². The first-order chi connectivity index (χ1) is 17.9. The number of halogens is 1. The molecule has 1 amide bonds. The maximum Gasteiger partial charge on any atom is 0.328 e. The van der Waals surface area contributed by atoms with Crippen LogP contribution in [0.4, 0.5) is 4.39 Å². The van der Waals surface area contributed by atoms with Crippen LogP contribution in [0.1, 0.15) is 69.1 Å². The van der Waals surface area contributed by atoms with E-state index in [-0.39, 0.29) is 40.8 Å². The molecule has 1 aromatic heterocycles. The van der Waals surface area contributed by atoms with Gasteiger partial charge in [-0.1, -0.05) is 33.8 Å². The summed E-state index contributed by atoms with van der Waals surface area (Å²) in [6.07, 6.45) is 0.805. The number of methoxy groups -OCH3 is 1. The molecule has 1 N–H and O–H groups in total. The van der Waals surface area contributed by atoms with E-state index in [1.54, 1.807) is 26.8 Å². The van der Waals surface area contributed by atoms with Crippen LogP contribution in [0.25, 0.3) is 0 Å². The van der Waals surface area contributed by atoms with Crippen molar-refractivity contribution in [2.75, 3.05) is 13.9 Å². The highest BCUT2D eigenvalue weighted by Gasteiger charge is 2.30. The molecule has 0 bridgehead atoms. The molecule has 2 rings (SSSR count). The van der Waals surface area contributed by atoms with E-state index in [1.807, 2.05) is 20.8 Å². The lowest BCUT2D eigenvalue weighted by Crippen LogP contribution is -2.42. The van der Waals surface area contributed by atoms with Crippen molar-refractivity contribution in [3.8, 4) is 11.5 Å². The van der Waals surface area contributed by atoms with Crippen LogP contribution in [-0.4, -0.2) is 48.9 Å². The second-order valence-corrected chi connectivity index (χ2v) is 9.68. The number of ether oxygens (including phenoxy) is 4. The maximum absolute atomic E-state index is 13.6. The van der Waals surface area contributed by atoms with Crippen LogP contribution in [0, 0.1) is 24.6 Å². The summed E-state index contributed by atoms with van der Waals surface area (Å²) in [5, 5.41) is 2.57. The van der Waals surface area contributed by atoms with Crippen LogP contribution in [0.5, 0.6) is 11.5 Å². The molecule has 0 saturated heterocycles. The summed E-state index contributed by atoms with van der Waals surface area (Å²) in [5.41, 5.74) is 1.50. The van der Waals surface area contributed by atoms with Crippen molar-refractivity contribution in [3.05, 3.63) is 53.1 Å². The van der Waals surface area contributed by atoms with Crippen molar-refractivity contribution >= 4 is 17.8 Å². The van der Waals surface area contributed by atoms with Crippen molar-refractivity contribution < 1.29 is 37.7 Å². The van der Waals surface area contributed by atoms with E-state index < -0.39 is 36.8 Å². The normalized spacial score (nSPS) is 13.4. The second-order valence-electron chi connectivity index (χ2n) is 9.68. The average molecular weight is 533 g/mol. The van der Waals surface area contributed by atoms with Gasteiger partial charge in [0.05, 0.1) is 13.0 Å². The first-order valence-corrected chi connectivity index (χ1v) is 12.5. The largest absolute Gasteiger partial charge is 0.493 e. The lowest BCUT2D eigenvalue weighted by atomic mass is 9.82. The van der Waals surface area contributed by atoms with E-state index in [0.717, 1.165) is 11.1 Å². The lowest BCUT2D eigenvalue weighted by molar-refractivity contribution is -0.154. The molecular formula is C28H37FN2O7. The molecule has 0 spiro atoms. The lowest BCUT2D eigenvalue weighted by Gasteiger charge is -2.30. The fraction of sp³-hybridized carbons (Fsp3) is 0.500. The molecule has 1 heterocycles. The van der Waals surface area contributed by atoms with Gasteiger partial charge in [-0.15, -0.1) is 0 Å². The highest BCUT2D eigenvalue weighted by molar-refractivity contribution is 5.98. The summed E-state index contributed by atoms with van der Waals surface area (Å²) >= 11 is 0. The standard InChI is InChI=1S/C28H37FN2O7/c1-15(2)23(21-10-9-20(29)13-17(21)5)19(7)38-28(34)18(6)31-26(32)24-25(22(35-8)11-12-30-24)36-14-37-27(33)16(3)4/h9-13,15-16,18-19,23H,14H2,1-8H3,(H,31,32)/t18-,19-,23+/m0/s1. The number of nitrogens with one attached hydrogen (secondary N) is 1. The number of amides is 1. The number of esters is 2. The Balaban J connectivity index is 2.13. The molecule has 2 aromatic rings. The minimum atomic E-state index is -1.02. The summed E-state index contributed by atoms with van der Waals surface area (Å²) in [6, 6.07) is 5.01. The summed E-state index contributed by atoms with van der Waals surface area (Å²) in [7, 11) is 1.39. The Morgan fingerprint density at radius 3 is 2.29 bits per heavy atom. The van der Waals surface area contributed by atoms with Crippen LogP contribution < -0.4 is 14.8 Å². The number of nitrogens with zero attached hydrogens (tertiary/aromatic N) is 1. The van der Waals surface area contributed by atoms with Gasteiger partial charge >= 0.3 is 11.9 Å². The highest BCUT2D eigenvalue weighted by atomic mass is 19.1. The van der Waals surface area contributed by atoms with E-state index in [2.05, 4.69) is 10.3 Å². The predicted octanol–water partition coefficient (Wildman–Crippen LogP) is 4.56. The fourth-order valence-corrected chi connectivity index (χ4v) is 4.06. The number of rotatable bonds is 12. The molecule has 0 aliphatic carbocycles. The van der Waals surface area contributed by atoms with Gasteiger partial charge in [0.2, 0.25) is 6.79 Å². The predicted molar refractivity (Wildman–Crippen MR) is 138 cm³/mol. The number of carbonyl (C=O) groups excluding carboxylic acids is 3. The van der Waals surface area contributed by atoms with Crippen molar-refractivity contribution in [1.82, 2.24) is 10.3 Å². The minimum Gasteiger partial charge on any atom is -0.493 e. The van der Waals surface area contributed by atoms with Gasteiger partial charge in [-0.2, -0.15) is 0 Å². The molecule has 0 aliphatic heterocycles. The van der Waals surface area contributed by atoms with Crippen LogP contribution in [0.3, 0.4) is 0 Å². The first-order valence-electron chi connectivity index (χ1n) is 12.5. The van der Waals surface area contributed by atoms with Crippen molar-refractivity contribution in [3.63, 3.8) is 0 Å². The summed E-state index contributed by atoms with van der Waals surface area (Å²) in [4.78, 5) is 41.7. The van der Waals surface area contributed by atoms with E-state index in [4.69, 9.17) is 18.9 Å². The number of pyridine rings is 1. The third-order valence-electron chi connectivity index (χ3n) is 6.00. The molecular weight excluding hydrogens is 495 g/mol. The molecule has 38 heavy (non-hydrogen) atoms. The SMILES string of the molecule is COc1ccnc(C(=O)N[C@@H](C)C(=O)O[C@@H](C)[C@H](c2ccc(F)cc2C)C(C)C)c1OCOC(=O)C(C)C. The molecule has 9 nitrogen and oxygen atoms in total. The summed E-state index contributed by atoms with van der Waals surface area (Å²) in [6.45, 7) is 12.0.